The molecule has 1 saturated heterocycles. The Bertz CT molecular complexity index is 1150. The second-order valence-corrected chi connectivity index (χ2v) is 9.43. The smallest absolute Gasteiger partial charge is 0.255 e. The van der Waals surface area contributed by atoms with Gasteiger partial charge in [0.05, 0.1) is 15.8 Å². The minimum absolute atomic E-state index is 0.0783. The number of halogens is 2. The van der Waals surface area contributed by atoms with Gasteiger partial charge >= 0.3 is 0 Å². The van der Waals surface area contributed by atoms with E-state index in [1.807, 2.05) is 72.4 Å². The van der Waals surface area contributed by atoms with Crippen molar-refractivity contribution >= 4 is 63.8 Å². The quantitative estimate of drug-likeness (QED) is 0.474. The van der Waals surface area contributed by atoms with Gasteiger partial charge in [0, 0.05) is 36.7 Å². The Kier molecular flexibility index (Phi) is 6.65. The van der Waals surface area contributed by atoms with Crippen LogP contribution in [0.5, 0.6) is 0 Å². The Morgan fingerprint density at radius 3 is 2.31 bits per heavy atom. The van der Waals surface area contributed by atoms with Gasteiger partial charge in [-0.1, -0.05) is 35.3 Å². The number of nitrogens with zero attached hydrogens (tertiary/aromatic N) is 2. The molecule has 2 amide bonds. The molecule has 1 heterocycles. The molecule has 5 nitrogen and oxygen atoms in total. The fourth-order valence-electron chi connectivity index (χ4n) is 3.43. The van der Waals surface area contributed by atoms with Crippen molar-refractivity contribution in [3.05, 3.63) is 87.9 Å². The van der Waals surface area contributed by atoms with Gasteiger partial charge in [-0.05, 0) is 60.2 Å². The number of anilines is 3. The highest BCUT2D eigenvalue weighted by Crippen LogP contribution is 2.42. The van der Waals surface area contributed by atoms with Crippen molar-refractivity contribution in [3.63, 3.8) is 0 Å². The highest BCUT2D eigenvalue weighted by molar-refractivity contribution is 8.00. The summed E-state index contributed by atoms with van der Waals surface area (Å²) in [4.78, 5) is 29.0. The largest absolute Gasteiger partial charge is 0.378 e. The van der Waals surface area contributed by atoms with Gasteiger partial charge in [0.2, 0.25) is 5.91 Å². The maximum absolute atomic E-state index is 12.6. The van der Waals surface area contributed by atoms with Crippen molar-refractivity contribution in [2.75, 3.05) is 35.0 Å². The molecular weight excluding hydrogens is 465 g/mol. The number of carbonyl (C=O) groups excluding carboxylic acids is 2. The SMILES string of the molecule is CN(C)c1ccc(N2C(=O)CS[C@@H]2c2ccc(NC(=O)c3ccc(Cl)c(Cl)c3)cc2)cc1. The molecule has 0 saturated carbocycles. The van der Waals surface area contributed by atoms with Gasteiger partial charge in [-0.3, -0.25) is 14.5 Å². The topological polar surface area (TPSA) is 52.6 Å². The summed E-state index contributed by atoms with van der Waals surface area (Å²) in [6.07, 6.45) is 0. The summed E-state index contributed by atoms with van der Waals surface area (Å²) in [7, 11) is 3.97. The lowest BCUT2D eigenvalue weighted by Crippen LogP contribution is -2.27. The average molecular weight is 486 g/mol. The van der Waals surface area contributed by atoms with E-state index in [1.54, 1.807) is 23.9 Å². The number of hydrogen-bond donors (Lipinski definition) is 1. The van der Waals surface area contributed by atoms with Crippen LogP contribution in [0.1, 0.15) is 21.3 Å². The summed E-state index contributed by atoms with van der Waals surface area (Å²) in [5.74, 6) is 0.231. The molecule has 0 unspecified atom stereocenters. The molecule has 3 aromatic rings. The first-order chi connectivity index (χ1) is 15.3. The zero-order chi connectivity index (χ0) is 22.8. The van der Waals surface area contributed by atoms with Crippen molar-refractivity contribution in [1.82, 2.24) is 0 Å². The first-order valence-electron chi connectivity index (χ1n) is 9.91. The van der Waals surface area contributed by atoms with Crippen LogP contribution in [0.25, 0.3) is 0 Å². The number of thioether (sulfide) groups is 1. The molecule has 32 heavy (non-hydrogen) atoms. The zero-order valence-electron chi connectivity index (χ0n) is 17.5. The van der Waals surface area contributed by atoms with Gasteiger partial charge < -0.3 is 10.2 Å². The molecule has 0 bridgehead atoms. The van der Waals surface area contributed by atoms with Crippen LogP contribution in [0.4, 0.5) is 17.1 Å². The summed E-state index contributed by atoms with van der Waals surface area (Å²) in [5, 5.41) is 3.47. The second-order valence-electron chi connectivity index (χ2n) is 7.54. The Morgan fingerprint density at radius 2 is 1.69 bits per heavy atom. The monoisotopic (exact) mass is 485 g/mol. The third-order valence-electron chi connectivity index (χ3n) is 5.15. The zero-order valence-corrected chi connectivity index (χ0v) is 19.8. The van der Waals surface area contributed by atoms with Crippen LogP contribution >= 0.6 is 35.0 Å². The number of amides is 2. The number of nitrogens with one attached hydrogen (secondary N) is 1. The van der Waals surface area contributed by atoms with Crippen LogP contribution in [-0.2, 0) is 4.79 Å². The van der Waals surface area contributed by atoms with Crippen LogP contribution in [0.15, 0.2) is 66.7 Å². The highest BCUT2D eigenvalue weighted by atomic mass is 35.5. The first-order valence-corrected chi connectivity index (χ1v) is 11.7. The van der Waals surface area contributed by atoms with E-state index in [2.05, 4.69) is 5.32 Å². The predicted molar refractivity (Wildman–Crippen MR) is 134 cm³/mol. The van der Waals surface area contributed by atoms with Crippen molar-refractivity contribution in [3.8, 4) is 0 Å². The fourth-order valence-corrected chi connectivity index (χ4v) is 4.91. The Hall–Kier alpha value is -2.67. The van der Waals surface area contributed by atoms with Crippen molar-refractivity contribution in [2.24, 2.45) is 0 Å². The summed E-state index contributed by atoms with van der Waals surface area (Å²) >= 11 is 13.5. The molecule has 1 atom stereocenters. The number of benzene rings is 3. The lowest BCUT2D eigenvalue weighted by atomic mass is 10.1. The van der Waals surface area contributed by atoms with E-state index in [0.717, 1.165) is 16.9 Å². The van der Waals surface area contributed by atoms with E-state index in [-0.39, 0.29) is 17.2 Å². The van der Waals surface area contributed by atoms with E-state index in [0.29, 0.717) is 27.0 Å². The average Bonchev–Trinajstić information content (AvgIpc) is 3.17. The third kappa shape index (κ3) is 4.72. The molecule has 8 heteroatoms. The van der Waals surface area contributed by atoms with E-state index in [9.17, 15) is 9.59 Å². The lowest BCUT2D eigenvalue weighted by molar-refractivity contribution is -0.115. The van der Waals surface area contributed by atoms with E-state index in [4.69, 9.17) is 23.2 Å². The van der Waals surface area contributed by atoms with E-state index < -0.39 is 0 Å². The Morgan fingerprint density at radius 1 is 1.00 bits per heavy atom. The van der Waals surface area contributed by atoms with Crippen molar-refractivity contribution in [1.29, 1.82) is 0 Å². The van der Waals surface area contributed by atoms with Crippen LogP contribution in [-0.4, -0.2) is 31.7 Å². The summed E-state index contributed by atoms with van der Waals surface area (Å²) < 4.78 is 0. The molecule has 4 rings (SSSR count). The number of hydrogen-bond acceptors (Lipinski definition) is 4. The minimum atomic E-state index is -0.274. The molecule has 1 fully saturated rings. The maximum atomic E-state index is 12.6. The normalized spacial score (nSPS) is 15.7. The number of rotatable bonds is 5. The van der Waals surface area contributed by atoms with Gasteiger partial charge in [-0.25, -0.2) is 0 Å². The predicted octanol–water partition coefficient (Wildman–Crippen LogP) is 6.09. The number of carbonyl (C=O) groups is 2. The molecule has 3 aromatic carbocycles. The molecule has 0 radical (unpaired) electrons. The third-order valence-corrected chi connectivity index (χ3v) is 7.10. The highest BCUT2D eigenvalue weighted by Gasteiger charge is 2.34. The lowest BCUT2D eigenvalue weighted by Gasteiger charge is -2.25. The Balaban J connectivity index is 1.50. The van der Waals surface area contributed by atoms with E-state index in [1.165, 1.54) is 6.07 Å². The molecule has 1 N–H and O–H groups in total. The Labute approximate surface area is 201 Å². The van der Waals surface area contributed by atoms with Crippen molar-refractivity contribution in [2.45, 2.75) is 5.37 Å². The van der Waals surface area contributed by atoms with Crippen LogP contribution < -0.4 is 15.1 Å². The van der Waals surface area contributed by atoms with Crippen LogP contribution in [0.3, 0.4) is 0 Å². The molecule has 0 aromatic heterocycles. The maximum Gasteiger partial charge on any atom is 0.255 e. The molecule has 0 aliphatic carbocycles. The van der Waals surface area contributed by atoms with Gasteiger partial charge in [0.15, 0.2) is 0 Å². The van der Waals surface area contributed by atoms with Crippen molar-refractivity contribution < 1.29 is 9.59 Å². The standard InChI is InChI=1S/C24H21Cl2N3O2S/c1-28(2)18-8-10-19(11-9-18)29-22(30)14-32-24(29)15-3-6-17(7-4-15)27-23(31)16-5-12-20(25)21(26)13-16/h3-13,24H,14H2,1-2H3,(H,27,31)/t24-/m1/s1. The molecule has 1 aliphatic rings. The summed E-state index contributed by atoms with van der Waals surface area (Å²) in [5.41, 5.74) is 4.01. The summed E-state index contributed by atoms with van der Waals surface area (Å²) in [6.45, 7) is 0. The second kappa shape index (κ2) is 9.45. The minimum Gasteiger partial charge on any atom is -0.378 e. The van der Waals surface area contributed by atoms with Crippen LogP contribution in [0.2, 0.25) is 10.0 Å². The van der Waals surface area contributed by atoms with Crippen LogP contribution in [0, 0.1) is 0 Å². The molecule has 1 aliphatic heterocycles. The first kappa shape index (κ1) is 22.5. The summed E-state index contributed by atoms with van der Waals surface area (Å²) in [6, 6.07) is 20.2. The molecule has 0 spiro atoms. The fraction of sp³-hybridized carbons (Fsp3) is 0.167. The molecule has 164 valence electrons. The van der Waals surface area contributed by atoms with E-state index >= 15 is 0 Å². The van der Waals surface area contributed by atoms with Gasteiger partial charge in [-0.2, -0.15) is 0 Å². The van der Waals surface area contributed by atoms with Gasteiger partial charge in [0.25, 0.3) is 5.91 Å². The molecular formula is C24H21Cl2N3O2S. The van der Waals surface area contributed by atoms with Gasteiger partial charge in [-0.15, -0.1) is 11.8 Å². The van der Waals surface area contributed by atoms with Gasteiger partial charge in [0.1, 0.15) is 5.37 Å².